The minimum Gasteiger partial charge on any atom is -0.497 e. The minimum absolute atomic E-state index is 0.330. The predicted octanol–water partition coefficient (Wildman–Crippen LogP) is 4.40. The number of ether oxygens (including phenoxy) is 2. The highest BCUT2D eigenvalue weighted by Gasteiger charge is 2.17. The first-order valence-corrected chi connectivity index (χ1v) is 8.92. The number of nitrogens with one attached hydrogen (secondary N) is 1. The molecule has 0 spiro atoms. The van der Waals surface area contributed by atoms with Crippen LogP contribution in [0.4, 0.5) is 5.82 Å². The van der Waals surface area contributed by atoms with Gasteiger partial charge < -0.3 is 14.8 Å². The van der Waals surface area contributed by atoms with Crippen molar-refractivity contribution < 1.29 is 14.3 Å². The molecule has 0 radical (unpaired) electrons. The number of thiophene rings is 1. The van der Waals surface area contributed by atoms with E-state index in [-0.39, 0.29) is 5.97 Å². The van der Waals surface area contributed by atoms with Crippen molar-refractivity contribution in [1.82, 2.24) is 4.98 Å². The zero-order chi connectivity index (χ0) is 17.8. The highest BCUT2D eigenvalue weighted by Crippen LogP contribution is 2.33. The van der Waals surface area contributed by atoms with Crippen LogP contribution in [0.5, 0.6) is 5.75 Å². The number of esters is 1. The van der Waals surface area contributed by atoms with Crippen molar-refractivity contribution in [3.63, 3.8) is 0 Å². The molecular weight excluding hydrogens is 336 g/mol. The van der Waals surface area contributed by atoms with Crippen molar-refractivity contribution in [2.45, 2.75) is 20.4 Å². The third-order valence-electron chi connectivity index (χ3n) is 3.89. The molecule has 0 atom stereocenters. The number of aryl methyl sites for hydroxylation is 1. The summed E-state index contributed by atoms with van der Waals surface area (Å²) in [5.74, 6) is 1.28. The van der Waals surface area contributed by atoms with Crippen LogP contribution in [0.2, 0.25) is 0 Å². The van der Waals surface area contributed by atoms with Crippen LogP contribution in [0, 0.1) is 6.92 Å². The van der Waals surface area contributed by atoms with Crippen LogP contribution in [-0.4, -0.2) is 24.7 Å². The molecule has 1 N–H and O–H groups in total. The van der Waals surface area contributed by atoms with E-state index in [0.29, 0.717) is 18.7 Å². The SMILES string of the molecule is CCOC(=O)c1cnc(NCc2ccc(OC)cc2)c2c(C)csc12. The van der Waals surface area contributed by atoms with Crippen LogP contribution >= 0.6 is 11.3 Å². The number of carbonyl (C=O) groups excluding carboxylic acids is 1. The Bertz CT molecular complexity index is 888. The van der Waals surface area contributed by atoms with E-state index in [1.54, 1.807) is 20.2 Å². The summed E-state index contributed by atoms with van der Waals surface area (Å²) in [6, 6.07) is 7.88. The van der Waals surface area contributed by atoms with Crippen LogP contribution in [0.1, 0.15) is 28.4 Å². The van der Waals surface area contributed by atoms with E-state index in [1.807, 2.05) is 36.6 Å². The fraction of sp³-hybridized carbons (Fsp3) is 0.263. The fourth-order valence-electron chi connectivity index (χ4n) is 2.61. The summed E-state index contributed by atoms with van der Waals surface area (Å²) in [5, 5.41) is 6.38. The van der Waals surface area contributed by atoms with Crippen molar-refractivity contribution in [2.75, 3.05) is 19.0 Å². The first kappa shape index (κ1) is 17.2. The number of rotatable bonds is 6. The second-order valence-electron chi connectivity index (χ2n) is 5.57. The third-order valence-corrected chi connectivity index (χ3v) is 5.02. The Morgan fingerprint density at radius 1 is 1.28 bits per heavy atom. The average molecular weight is 356 g/mol. The Morgan fingerprint density at radius 3 is 2.72 bits per heavy atom. The van der Waals surface area contributed by atoms with Crippen molar-refractivity contribution >= 4 is 33.2 Å². The fourth-order valence-corrected chi connectivity index (χ4v) is 3.66. The number of nitrogens with zero attached hydrogens (tertiary/aromatic N) is 1. The number of anilines is 1. The second-order valence-corrected chi connectivity index (χ2v) is 6.45. The number of hydrogen-bond acceptors (Lipinski definition) is 6. The molecular formula is C19H20N2O3S. The van der Waals surface area contributed by atoms with Crippen molar-refractivity contribution in [3.05, 3.63) is 52.5 Å². The number of aromatic nitrogens is 1. The van der Waals surface area contributed by atoms with Crippen LogP contribution in [-0.2, 0) is 11.3 Å². The van der Waals surface area contributed by atoms with Crippen LogP contribution < -0.4 is 10.1 Å². The van der Waals surface area contributed by atoms with E-state index in [1.165, 1.54) is 11.3 Å². The largest absolute Gasteiger partial charge is 0.497 e. The number of pyridine rings is 1. The van der Waals surface area contributed by atoms with Gasteiger partial charge in [0.1, 0.15) is 11.6 Å². The number of carbonyl (C=O) groups is 1. The van der Waals surface area contributed by atoms with Gasteiger partial charge in [0.2, 0.25) is 0 Å². The Labute approximate surface area is 150 Å². The third kappa shape index (κ3) is 3.58. The predicted molar refractivity (Wildman–Crippen MR) is 101 cm³/mol. The summed E-state index contributed by atoms with van der Waals surface area (Å²) in [6.07, 6.45) is 1.59. The average Bonchev–Trinajstić information content (AvgIpc) is 3.02. The molecule has 2 aromatic heterocycles. The van der Waals surface area contributed by atoms with Gasteiger partial charge in [-0.25, -0.2) is 9.78 Å². The van der Waals surface area contributed by atoms with Crippen molar-refractivity contribution in [2.24, 2.45) is 0 Å². The van der Waals surface area contributed by atoms with Gasteiger partial charge in [-0.15, -0.1) is 11.3 Å². The minimum atomic E-state index is -0.330. The van der Waals surface area contributed by atoms with Gasteiger partial charge >= 0.3 is 5.97 Å². The molecule has 2 heterocycles. The normalized spacial score (nSPS) is 10.7. The Balaban J connectivity index is 1.87. The highest BCUT2D eigenvalue weighted by atomic mass is 32.1. The lowest BCUT2D eigenvalue weighted by Crippen LogP contribution is -2.07. The molecule has 0 bridgehead atoms. The van der Waals surface area contributed by atoms with E-state index in [2.05, 4.69) is 10.3 Å². The molecule has 3 aromatic rings. The molecule has 25 heavy (non-hydrogen) atoms. The molecule has 0 aliphatic carbocycles. The Morgan fingerprint density at radius 2 is 2.04 bits per heavy atom. The molecule has 0 saturated heterocycles. The van der Waals surface area contributed by atoms with Crippen LogP contribution in [0.3, 0.4) is 0 Å². The lowest BCUT2D eigenvalue weighted by atomic mass is 10.1. The van der Waals surface area contributed by atoms with Crippen molar-refractivity contribution in [1.29, 1.82) is 0 Å². The summed E-state index contributed by atoms with van der Waals surface area (Å²) in [5.41, 5.74) is 2.74. The lowest BCUT2D eigenvalue weighted by molar-refractivity contribution is 0.0528. The molecule has 0 amide bonds. The maximum absolute atomic E-state index is 12.1. The number of fused-ring (bicyclic) bond motifs is 1. The zero-order valence-corrected chi connectivity index (χ0v) is 15.3. The first-order valence-electron chi connectivity index (χ1n) is 8.04. The molecule has 0 fully saturated rings. The molecule has 130 valence electrons. The maximum atomic E-state index is 12.1. The van der Waals surface area contributed by atoms with E-state index in [4.69, 9.17) is 9.47 Å². The molecule has 0 aliphatic heterocycles. The van der Waals surface area contributed by atoms with Gasteiger partial charge in [-0.2, -0.15) is 0 Å². The molecule has 0 aliphatic rings. The molecule has 1 aromatic carbocycles. The van der Waals surface area contributed by atoms with Crippen molar-refractivity contribution in [3.8, 4) is 5.75 Å². The number of benzene rings is 1. The van der Waals surface area contributed by atoms with E-state index >= 15 is 0 Å². The topological polar surface area (TPSA) is 60.5 Å². The second kappa shape index (κ2) is 7.53. The summed E-state index contributed by atoms with van der Waals surface area (Å²) in [7, 11) is 1.65. The molecule has 0 saturated carbocycles. The maximum Gasteiger partial charge on any atom is 0.341 e. The molecule has 6 heteroatoms. The zero-order valence-electron chi connectivity index (χ0n) is 14.5. The Kier molecular flexibility index (Phi) is 5.19. The quantitative estimate of drug-likeness (QED) is 0.663. The number of methoxy groups -OCH3 is 1. The van der Waals surface area contributed by atoms with Gasteiger partial charge in [0.25, 0.3) is 0 Å². The van der Waals surface area contributed by atoms with Gasteiger partial charge in [-0.1, -0.05) is 12.1 Å². The van der Waals surface area contributed by atoms with Gasteiger partial charge in [0.05, 0.1) is 24.0 Å². The summed E-state index contributed by atoms with van der Waals surface area (Å²) < 4.78 is 11.2. The number of hydrogen-bond donors (Lipinski definition) is 1. The van der Waals surface area contributed by atoms with Gasteiger partial charge in [-0.3, -0.25) is 0 Å². The summed E-state index contributed by atoms with van der Waals surface area (Å²) in [6.45, 7) is 4.81. The molecule has 5 nitrogen and oxygen atoms in total. The highest BCUT2D eigenvalue weighted by molar-refractivity contribution is 7.17. The van der Waals surface area contributed by atoms with Gasteiger partial charge in [0, 0.05) is 18.1 Å². The van der Waals surface area contributed by atoms with Gasteiger partial charge in [-0.05, 0) is 42.5 Å². The standard InChI is InChI=1S/C19H20N2O3S/c1-4-24-19(22)15-10-21-18(16-12(2)11-25-17(15)16)20-9-13-5-7-14(23-3)8-6-13/h5-8,10-11H,4,9H2,1-3H3,(H,20,21). The van der Waals surface area contributed by atoms with E-state index in [0.717, 1.165) is 32.8 Å². The van der Waals surface area contributed by atoms with Crippen LogP contribution in [0.25, 0.3) is 10.1 Å². The smallest absolute Gasteiger partial charge is 0.341 e. The Hall–Kier alpha value is -2.60. The first-order chi connectivity index (χ1) is 12.1. The summed E-state index contributed by atoms with van der Waals surface area (Å²) in [4.78, 5) is 16.6. The van der Waals surface area contributed by atoms with E-state index in [9.17, 15) is 4.79 Å². The lowest BCUT2D eigenvalue weighted by Gasteiger charge is -2.10. The summed E-state index contributed by atoms with van der Waals surface area (Å²) >= 11 is 1.54. The van der Waals surface area contributed by atoms with Gasteiger partial charge in [0.15, 0.2) is 0 Å². The monoisotopic (exact) mass is 356 g/mol. The molecule has 3 rings (SSSR count). The van der Waals surface area contributed by atoms with Crippen LogP contribution in [0.15, 0.2) is 35.8 Å². The van der Waals surface area contributed by atoms with E-state index < -0.39 is 0 Å². The molecule has 0 unspecified atom stereocenters.